The van der Waals surface area contributed by atoms with Gasteiger partial charge in [0.15, 0.2) is 0 Å². The van der Waals surface area contributed by atoms with Crippen molar-refractivity contribution < 1.29 is 9.53 Å². The normalized spacial score (nSPS) is 40.2. The van der Waals surface area contributed by atoms with Gasteiger partial charge in [-0.05, 0) is 18.8 Å². The molecule has 1 aliphatic carbocycles. The van der Waals surface area contributed by atoms with Gasteiger partial charge in [0.1, 0.15) is 6.04 Å². The Morgan fingerprint density at radius 2 is 2.31 bits per heavy atom. The van der Waals surface area contributed by atoms with Gasteiger partial charge in [-0.1, -0.05) is 0 Å². The van der Waals surface area contributed by atoms with Crippen LogP contribution >= 0.6 is 0 Å². The molecule has 2 saturated heterocycles. The number of hydrogen-bond donors (Lipinski definition) is 1. The molecule has 0 bridgehead atoms. The fourth-order valence-electron chi connectivity index (χ4n) is 2.30. The molecule has 1 N–H and O–H groups in total. The fraction of sp³-hybridized carbons (Fsp3) is 0.889. The maximum absolute atomic E-state index is 11.5. The van der Waals surface area contributed by atoms with Crippen LogP contribution in [0, 0.1) is 5.92 Å². The fourth-order valence-corrected chi connectivity index (χ4v) is 2.30. The van der Waals surface area contributed by atoms with E-state index in [1.807, 2.05) is 0 Å². The van der Waals surface area contributed by atoms with Gasteiger partial charge in [-0.15, -0.1) is 0 Å². The second-order valence-electron chi connectivity index (χ2n) is 4.12. The third-order valence-corrected chi connectivity index (χ3v) is 3.19. The topological polar surface area (TPSA) is 41.6 Å². The number of morpholine rings is 1. The monoisotopic (exact) mass is 182 g/mol. The average Bonchev–Trinajstić information content (AvgIpc) is 2.94. The Morgan fingerprint density at radius 1 is 1.46 bits per heavy atom. The van der Waals surface area contributed by atoms with Crippen LogP contribution in [0.25, 0.3) is 0 Å². The predicted molar refractivity (Wildman–Crippen MR) is 46.0 cm³/mol. The molecule has 4 nitrogen and oxygen atoms in total. The molecular weight excluding hydrogens is 168 g/mol. The minimum atomic E-state index is -0.000602. The number of carbonyl (C=O) groups excluding carboxylic acids is 1. The summed E-state index contributed by atoms with van der Waals surface area (Å²) in [6.45, 7) is 2.26. The van der Waals surface area contributed by atoms with E-state index in [0.717, 1.165) is 13.2 Å². The molecule has 2 heterocycles. The molecule has 0 spiro atoms. The van der Waals surface area contributed by atoms with Crippen LogP contribution < -0.4 is 5.32 Å². The summed E-state index contributed by atoms with van der Waals surface area (Å²) in [6, 6.07) is -0.000602. The molecule has 1 saturated carbocycles. The third kappa shape index (κ3) is 1.16. The molecule has 0 aromatic rings. The summed E-state index contributed by atoms with van der Waals surface area (Å²) in [5.74, 6) is 0.878. The molecule has 72 valence electrons. The minimum absolute atomic E-state index is 0.000602. The molecule has 13 heavy (non-hydrogen) atoms. The Balaban J connectivity index is 1.80. The molecule has 0 aromatic heterocycles. The van der Waals surface area contributed by atoms with Crippen molar-refractivity contribution in [2.24, 2.45) is 5.92 Å². The van der Waals surface area contributed by atoms with Crippen molar-refractivity contribution in [3.05, 3.63) is 0 Å². The second kappa shape index (κ2) is 2.69. The van der Waals surface area contributed by atoms with Gasteiger partial charge in [0, 0.05) is 6.54 Å². The van der Waals surface area contributed by atoms with E-state index in [-0.39, 0.29) is 11.9 Å². The number of rotatable bonds is 1. The number of nitrogens with zero attached hydrogens (tertiary/aromatic N) is 1. The van der Waals surface area contributed by atoms with E-state index < -0.39 is 0 Å². The van der Waals surface area contributed by atoms with Crippen molar-refractivity contribution in [3.63, 3.8) is 0 Å². The third-order valence-electron chi connectivity index (χ3n) is 3.19. The highest BCUT2D eigenvalue weighted by Crippen LogP contribution is 2.37. The zero-order valence-corrected chi connectivity index (χ0v) is 7.53. The van der Waals surface area contributed by atoms with E-state index in [0.29, 0.717) is 18.7 Å². The van der Waals surface area contributed by atoms with Gasteiger partial charge in [0.2, 0.25) is 5.91 Å². The lowest BCUT2D eigenvalue weighted by atomic mass is 10.2. The van der Waals surface area contributed by atoms with Crippen molar-refractivity contribution in [3.8, 4) is 0 Å². The van der Waals surface area contributed by atoms with Gasteiger partial charge in [0.25, 0.3) is 0 Å². The molecule has 2 aliphatic heterocycles. The van der Waals surface area contributed by atoms with Crippen molar-refractivity contribution >= 4 is 5.91 Å². The Hall–Kier alpha value is -0.610. The highest BCUT2D eigenvalue weighted by Gasteiger charge is 2.47. The zero-order chi connectivity index (χ0) is 8.84. The quantitative estimate of drug-likeness (QED) is 0.597. The van der Waals surface area contributed by atoms with Gasteiger partial charge in [-0.2, -0.15) is 0 Å². The van der Waals surface area contributed by atoms with Crippen molar-refractivity contribution in [2.45, 2.75) is 25.0 Å². The largest absolute Gasteiger partial charge is 0.378 e. The molecule has 0 radical (unpaired) electrons. The van der Waals surface area contributed by atoms with Crippen LogP contribution in [0.1, 0.15) is 12.8 Å². The Labute approximate surface area is 77.2 Å². The first-order valence-corrected chi connectivity index (χ1v) is 5.00. The lowest BCUT2D eigenvalue weighted by molar-refractivity contribution is -0.125. The number of hydrogen-bond acceptors (Lipinski definition) is 3. The summed E-state index contributed by atoms with van der Waals surface area (Å²) in [6.07, 6.45) is 2.87. The highest BCUT2D eigenvalue weighted by molar-refractivity contribution is 5.84. The SMILES string of the molecule is O=C1NC(C2CC2)N2CCOCC12. The second-order valence-corrected chi connectivity index (χ2v) is 4.12. The Morgan fingerprint density at radius 3 is 3.08 bits per heavy atom. The van der Waals surface area contributed by atoms with Crippen LogP contribution in [0.3, 0.4) is 0 Å². The van der Waals surface area contributed by atoms with E-state index in [1.165, 1.54) is 12.8 Å². The number of fused-ring (bicyclic) bond motifs is 1. The van der Waals surface area contributed by atoms with Crippen LogP contribution in [-0.2, 0) is 9.53 Å². The van der Waals surface area contributed by atoms with Crippen molar-refractivity contribution in [1.82, 2.24) is 10.2 Å². The van der Waals surface area contributed by atoms with Crippen LogP contribution in [0.4, 0.5) is 0 Å². The average molecular weight is 182 g/mol. The lowest BCUT2D eigenvalue weighted by Crippen LogP contribution is -2.47. The smallest absolute Gasteiger partial charge is 0.241 e. The lowest BCUT2D eigenvalue weighted by Gasteiger charge is -2.31. The Bertz CT molecular complexity index is 240. The molecule has 2 unspecified atom stereocenters. The summed E-state index contributed by atoms with van der Waals surface area (Å²) < 4.78 is 5.30. The van der Waals surface area contributed by atoms with E-state index in [1.54, 1.807) is 0 Å². The molecule has 1 amide bonds. The van der Waals surface area contributed by atoms with Crippen LogP contribution in [0.15, 0.2) is 0 Å². The molecule has 0 aromatic carbocycles. The number of nitrogens with one attached hydrogen (secondary N) is 1. The Kier molecular flexibility index (Phi) is 1.60. The molecule has 2 atom stereocenters. The maximum Gasteiger partial charge on any atom is 0.241 e. The first-order valence-electron chi connectivity index (χ1n) is 5.00. The van der Waals surface area contributed by atoms with E-state index in [2.05, 4.69) is 10.2 Å². The van der Waals surface area contributed by atoms with Crippen LogP contribution in [0.5, 0.6) is 0 Å². The summed E-state index contributed by atoms with van der Waals surface area (Å²) in [4.78, 5) is 13.8. The van der Waals surface area contributed by atoms with Crippen molar-refractivity contribution in [1.29, 1.82) is 0 Å². The van der Waals surface area contributed by atoms with Crippen molar-refractivity contribution in [2.75, 3.05) is 19.8 Å². The summed E-state index contributed by atoms with van der Waals surface area (Å²) in [5, 5.41) is 3.06. The number of ether oxygens (including phenoxy) is 1. The molecule has 3 aliphatic rings. The first-order chi connectivity index (χ1) is 6.36. The molecule has 4 heteroatoms. The summed E-state index contributed by atoms with van der Waals surface area (Å²) >= 11 is 0. The predicted octanol–water partition coefficient (Wildman–Crippen LogP) is -0.447. The maximum atomic E-state index is 11.5. The standard InChI is InChI=1S/C9H14N2O2/c12-9-7-5-13-4-3-11(7)8(10-9)6-1-2-6/h6-8H,1-5H2,(H,10,12). The van der Waals surface area contributed by atoms with E-state index in [4.69, 9.17) is 4.74 Å². The molecular formula is C9H14N2O2. The van der Waals surface area contributed by atoms with E-state index >= 15 is 0 Å². The van der Waals surface area contributed by atoms with E-state index in [9.17, 15) is 4.79 Å². The van der Waals surface area contributed by atoms with Gasteiger partial charge in [-0.25, -0.2) is 0 Å². The summed E-state index contributed by atoms with van der Waals surface area (Å²) in [5.41, 5.74) is 0. The van der Waals surface area contributed by atoms with Gasteiger partial charge >= 0.3 is 0 Å². The minimum Gasteiger partial charge on any atom is -0.378 e. The molecule has 3 rings (SSSR count). The highest BCUT2D eigenvalue weighted by atomic mass is 16.5. The zero-order valence-electron chi connectivity index (χ0n) is 7.53. The summed E-state index contributed by atoms with van der Waals surface area (Å²) in [7, 11) is 0. The van der Waals surface area contributed by atoms with Gasteiger partial charge in [-0.3, -0.25) is 9.69 Å². The number of carbonyl (C=O) groups is 1. The first kappa shape index (κ1) is 7.76. The number of amides is 1. The van der Waals surface area contributed by atoms with Gasteiger partial charge in [0.05, 0.1) is 19.4 Å². The van der Waals surface area contributed by atoms with Crippen LogP contribution in [0.2, 0.25) is 0 Å². The molecule has 3 fully saturated rings. The van der Waals surface area contributed by atoms with Gasteiger partial charge < -0.3 is 10.1 Å². The van der Waals surface area contributed by atoms with Crippen LogP contribution in [-0.4, -0.2) is 42.8 Å².